The first kappa shape index (κ1) is 20.8. The van der Waals surface area contributed by atoms with Crippen LogP contribution in [0, 0.1) is 5.92 Å². The molecular formula is C24H32N2O5. The maximum atomic E-state index is 12.5. The van der Waals surface area contributed by atoms with Crippen molar-refractivity contribution in [1.29, 1.82) is 0 Å². The van der Waals surface area contributed by atoms with Gasteiger partial charge in [-0.15, -0.1) is 0 Å². The van der Waals surface area contributed by atoms with Crippen LogP contribution in [0.25, 0.3) is 0 Å². The lowest BCUT2D eigenvalue weighted by molar-refractivity contribution is -0.142. The first-order valence-corrected chi connectivity index (χ1v) is 11.7. The Labute approximate surface area is 182 Å². The van der Waals surface area contributed by atoms with E-state index < -0.39 is 6.10 Å². The van der Waals surface area contributed by atoms with Crippen molar-refractivity contribution in [3.05, 3.63) is 23.8 Å². The second-order valence-electron chi connectivity index (χ2n) is 9.61. The summed E-state index contributed by atoms with van der Waals surface area (Å²) < 4.78 is 12.2. The molecule has 4 aliphatic rings. The van der Waals surface area contributed by atoms with E-state index in [1.54, 1.807) is 0 Å². The van der Waals surface area contributed by atoms with Gasteiger partial charge in [-0.25, -0.2) is 0 Å². The van der Waals surface area contributed by atoms with Gasteiger partial charge in [-0.2, -0.15) is 0 Å². The summed E-state index contributed by atoms with van der Waals surface area (Å²) in [6.45, 7) is -0.152. The van der Waals surface area contributed by atoms with Crippen molar-refractivity contribution >= 4 is 17.5 Å². The second-order valence-corrected chi connectivity index (χ2v) is 9.61. The number of carbonyl (C=O) groups excluding carboxylic acids is 2. The van der Waals surface area contributed by atoms with Gasteiger partial charge in [-0.3, -0.25) is 9.59 Å². The number of ether oxygens (including phenoxy) is 2. The lowest BCUT2D eigenvalue weighted by Gasteiger charge is -2.37. The van der Waals surface area contributed by atoms with E-state index >= 15 is 0 Å². The zero-order chi connectivity index (χ0) is 21.4. The number of amides is 2. The van der Waals surface area contributed by atoms with E-state index in [1.165, 1.54) is 12.8 Å². The minimum absolute atomic E-state index is 0.0206. The van der Waals surface area contributed by atoms with Crippen molar-refractivity contribution in [2.75, 3.05) is 11.9 Å². The summed E-state index contributed by atoms with van der Waals surface area (Å²) in [6.07, 6.45) is 7.28. The number of carbonyl (C=O) groups is 2. The van der Waals surface area contributed by atoms with Crippen LogP contribution < -0.4 is 15.4 Å². The third-order valence-electron chi connectivity index (χ3n) is 7.09. The van der Waals surface area contributed by atoms with Crippen LogP contribution in [0.2, 0.25) is 0 Å². The average Bonchev–Trinajstić information content (AvgIpc) is 3.26. The van der Waals surface area contributed by atoms with E-state index in [2.05, 4.69) is 10.6 Å². The molecule has 1 aromatic rings. The summed E-state index contributed by atoms with van der Waals surface area (Å²) in [5.74, 6) is 1.42. The molecule has 2 aliphatic carbocycles. The minimum Gasteiger partial charge on any atom is -0.487 e. The molecule has 7 nitrogen and oxygen atoms in total. The van der Waals surface area contributed by atoms with Gasteiger partial charge in [0.1, 0.15) is 18.0 Å². The molecule has 0 aromatic heterocycles. The Kier molecular flexibility index (Phi) is 5.89. The standard InChI is InChI=1S/C24H32N2O5/c27-13-21-24-19(11-17(30-21)12-23(29)25-15-3-1-2-4-15)18-10-16(7-8-20(18)31-24)26-22(28)9-14-5-6-14/h7-8,10,14-15,17,19,21,24,27H,1-6,9,11-13H2,(H,25,29)(H,26,28)/t17-,19+,21-,24-/m1/s1. The second kappa shape index (κ2) is 8.79. The molecule has 0 spiro atoms. The quantitative estimate of drug-likeness (QED) is 0.621. The molecule has 7 heteroatoms. The third kappa shape index (κ3) is 4.72. The van der Waals surface area contributed by atoms with E-state index in [0.717, 1.165) is 42.7 Å². The van der Waals surface area contributed by atoms with E-state index in [0.29, 0.717) is 25.2 Å². The highest BCUT2D eigenvalue weighted by molar-refractivity contribution is 5.91. The Balaban J connectivity index is 1.26. The molecule has 0 unspecified atom stereocenters. The molecule has 2 saturated carbocycles. The van der Waals surface area contributed by atoms with E-state index in [4.69, 9.17) is 9.47 Å². The highest BCUT2D eigenvalue weighted by atomic mass is 16.6. The summed E-state index contributed by atoms with van der Waals surface area (Å²) in [4.78, 5) is 24.8. The van der Waals surface area contributed by atoms with Crippen molar-refractivity contribution in [3.8, 4) is 5.75 Å². The number of hydrogen-bond acceptors (Lipinski definition) is 5. The zero-order valence-electron chi connectivity index (χ0n) is 17.8. The number of fused-ring (bicyclic) bond motifs is 3. The monoisotopic (exact) mass is 428 g/mol. The molecular weight excluding hydrogens is 396 g/mol. The van der Waals surface area contributed by atoms with E-state index in [-0.39, 0.29) is 42.6 Å². The summed E-state index contributed by atoms with van der Waals surface area (Å²) in [5.41, 5.74) is 1.80. The van der Waals surface area contributed by atoms with Crippen LogP contribution in [0.1, 0.15) is 69.3 Å². The predicted octanol–water partition coefficient (Wildman–Crippen LogP) is 2.87. The van der Waals surface area contributed by atoms with Gasteiger partial charge in [0.05, 0.1) is 19.1 Å². The summed E-state index contributed by atoms with van der Waals surface area (Å²) >= 11 is 0. The lowest BCUT2D eigenvalue weighted by atomic mass is 9.84. The van der Waals surface area contributed by atoms with Gasteiger partial charge >= 0.3 is 0 Å². The highest BCUT2D eigenvalue weighted by Gasteiger charge is 2.46. The molecule has 5 rings (SSSR count). The molecule has 2 heterocycles. The van der Waals surface area contributed by atoms with Crippen LogP contribution in [0.3, 0.4) is 0 Å². The maximum Gasteiger partial charge on any atom is 0.224 e. The molecule has 2 amide bonds. The Morgan fingerprint density at radius 2 is 1.87 bits per heavy atom. The third-order valence-corrected chi connectivity index (χ3v) is 7.09. The van der Waals surface area contributed by atoms with Crippen molar-refractivity contribution < 1.29 is 24.2 Å². The zero-order valence-corrected chi connectivity index (χ0v) is 17.8. The van der Waals surface area contributed by atoms with Crippen LogP contribution in [0.5, 0.6) is 5.75 Å². The molecule has 4 atom stereocenters. The minimum atomic E-state index is -0.469. The molecule has 3 fully saturated rings. The molecule has 1 saturated heterocycles. The molecule has 0 bridgehead atoms. The van der Waals surface area contributed by atoms with Gasteiger partial charge in [0.25, 0.3) is 0 Å². The summed E-state index contributed by atoms with van der Waals surface area (Å²) in [5, 5.41) is 16.0. The van der Waals surface area contributed by atoms with Gasteiger partial charge in [-0.1, -0.05) is 12.8 Å². The van der Waals surface area contributed by atoms with E-state index in [9.17, 15) is 14.7 Å². The number of aliphatic hydroxyl groups excluding tert-OH is 1. The van der Waals surface area contributed by atoms with Crippen LogP contribution >= 0.6 is 0 Å². The summed E-state index contributed by atoms with van der Waals surface area (Å²) in [7, 11) is 0. The number of nitrogens with one attached hydrogen (secondary N) is 2. The Morgan fingerprint density at radius 3 is 2.61 bits per heavy atom. The Hall–Kier alpha value is -2.12. The largest absolute Gasteiger partial charge is 0.487 e. The fourth-order valence-electron chi connectivity index (χ4n) is 5.33. The number of aliphatic hydroxyl groups is 1. The average molecular weight is 429 g/mol. The van der Waals surface area contributed by atoms with Crippen LogP contribution in [-0.2, 0) is 14.3 Å². The normalized spacial score (nSPS) is 29.7. The first-order valence-electron chi connectivity index (χ1n) is 11.7. The maximum absolute atomic E-state index is 12.5. The Morgan fingerprint density at radius 1 is 1.06 bits per heavy atom. The van der Waals surface area contributed by atoms with Crippen molar-refractivity contribution in [1.82, 2.24) is 5.32 Å². The molecule has 3 N–H and O–H groups in total. The van der Waals surface area contributed by atoms with Gasteiger partial charge in [0.2, 0.25) is 11.8 Å². The number of rotatable bonds is 7. The topological polar surface area (TPSA) is 96.9 Å². The molecule has 168 valence electrons. The number of hydrogen-bond donors (Lipinski definition) is 3. The number of anilines is 1. The van der Waals surface area contributed by atoms with Crippen LogP contribution in [0.4, 0.5) is 5.69 Å². The predicted molar refractivity (Wildman–Crippen MR) is 115 cm³/mol. The van der Waals surface area contributed by atoms with Gasteiger partial charge in [0.15, 0.2) is 0 Å². The lowest BCUT2D eigenvalue weighted by Crippen LogP contribution is -2.47. The van der Waals surface area contributed by atoms with Gasteiger partial charge in [0, 0.05) is 29.6 Å². The Bertz CT molecular complexity index is 833. The SMILES string of the molecule is O=C(CC1CC1)Nc1ccc2c(c1)[C@@H]1C[C@H](CC(=O)NC3CCCC3)O[C@H](CO)[C@@H]1O2. The highest BCUT2D eigenvalue weighted by Crippen LogP contribution is 2.47. The molecule has 1 aromatic carbocycles. The summed E-state index contributed by atoms with van der Waals surface area (Å²) in [6, 6.07) is 6.02. The van der Waals surface area contributed by atoms with Gasteiger partial charge in [-0.05, 0) is 56.2 Å². The first-order chi connectivity index (χ1) is 15.1. The van der Waals surface area contributed by atoms with Crippen molar-refractivity contribution in [2.24, 2.45) is 5.92 Å². The molecule has 2 aliphatic heterocycles. The van der Waals surface area contributed by atoms with Gasteiger partial charge < -0.3 is 25.2 Å². The fraction of sp³-hybridized carbons (Fsp3) is 0.667. The fourth-order valence-corrected chi connectivity index (χ4v) is 5.33. The van der Waals surface area contributed by atoms with Crippen LogP contribution in [-0.4, -0.2) is 47.9 Å². The van der Waals surface area contributed by atoms with Crippen LogP contribution in [0.15, 0.2) is 18.2 Å². The van der Waals surface area contributed by atoms with Crippen molar-refractivity contribution in [2.45, 2.75) is 88.1 Å². The molecule has 0 radical (unpaired) electrons. The van der Waals surface area contributed by atoms with Crippen molar-refractivity contribution in [3.63, 3.8) is 0 Å². The van der Waals surface area contributed by atoms with E-state index in [1.807, 2.05) is 18.2 Å². The molecule has 31 heavy (non-hydrogen) atoms. The smallest absolute Gasteiger partial charge is 0.224 e. The number of benzene rings is 1.